The fourth-order valence-electron chi connectivity index (χ4n) is 16.8. The highest BCUT2D eigenvalue weighted by molar-refractivity contribution is 5.94. The molecule has 2 nitrogen and oxygen atoms in total. The Bertz CT molecular complexity index is 4540. The summed E-state index contributed by atoms with van der Waals surface area (Å²) in [6, 6.07) is 86.7. The van der Waals surface area contributed by atoms with Crippen molar-refractivity contribution in [1.29, 1.82) is 0 Å². The summed E-state index contributed by atoms with van der Waals surface area (Å²) in [7, 11) is 0. The molecule has 16 rings (SSSR count). The molecule has 11 aromatic rings. The summed E-state index contributed by atoms with van der Waals surface area (Å²) in [5, 5.41) is 0. The molecule has 0 unspecified atom stereocenters. The quantitative estimate of drug-likeness (QED) is 0.157. The van der Waals surface area contributed by atoms with Gasteiger partial charge in [0, 0.05) is 61.2 Å². The predicted octanol–water partition coefficient (Wildman–Crippen LogP) is 23.1. The smallest absolute Gasteiger partial charge is 0.0465 e. The van der Waals surface area contributed by atoms with Crippen molar-refractivity contribution in [2.75, 3.05) is 9.80 Å². The zero-order valence-electron chi connectivity index (χ0n) is 52.8. The Hall–Kier alpha value is -8.98. The molecule has 0 amide bonds. The van der Waals surface area contributed by atoms with Crippen LogP contribution in [0.4, 0.5) is 34.1 Å². The maximum atomic E-state index is 2.56. The van der Waals surface area contributed by atoms with E-state index in [-0.39, 0.29) is 32.5 Å². The Labute approximate surface area is 515 Å². The summed E-state index contributed by atoms with van der Waals surface area (Å²) in [5.41, 5.74) is 37.0. The van der Waals surface area contributed by atoms with Crippen LogP contribution in [0.15, 0.2) is 224 Å². The van der Waals surface area contributed by atoms with E-state index in [1.54, 1.807) is 0 Å². The summed E-state index contributed by atoms with van der Waals surface area (Å²) in [6.45, 7) is 31.1. The molecular formula is C85H76N2. The third-order valence-corrected chi connectivity index (χ3v) is 21.6. The maximum Gasteiger partial charge on any atom is 0.0465 e. The lowest BCUT2D eigenvalue weighted by atomic mass is 9.76. The number of fused-ring (bicyclic) bond motifs is 15. The Kier molecular flexibility index (Phi) is 11.1. The third kappa shape index (κ3) is 7.52. The molecule has 0 radical (unpaired) electrons. The molecule has 0 heterocycles. The second kappa shape index (κ2) is 18.1. The molecule has 0 saturated carbocycles. The van der Waals surface area contributed by atoms with E-state index in [1.165, 1.54) is 145 Å². The minimum atomic E-state index is -0.292. The van der Waals surface area contributed by atoms with Crippen LogP contribution >= 0.6 is 0 Å². The topological polar surface area (TPSA) is 6.48 Å². The second-order valence-electron chi connectivity index (χ2n) is 29.4. The number of hydrogen-bond donors (Lipinski definition) is 0. The molecule has 0 aromatic heterocycles. The van der Waals surface area contributed by atoms with Crippen LogP contribution in [0.25, 0.3) is 66.8 Å². The van der Waals surface area contributed by atoms with Crippen molar-refractivity contribution >= 4 is 34.1 Å². The maximum absolute atomic E-state index is 2.56. The van der Waals surface area contributed by atoms with Gasteiger partial charge in [0.1, 0.15) is 0 Å². The first kappa shape index (κ1) is 53.5. The average Bonchev–Trinajstić information content (AvgIpc) is 1.77. The first-order valence-corrected chi connectivity index (χ1v) is 31.6. The highest BCUT2D eigenvalue weighted by atomic mass is 15.1. The van der Waals surface area contributed by atoms with Crippen LogP contribution in [0.3, 0.4) is 0 Å². The van der Waals surface area contributed by atoms with E-state index < -0.39 is 0 Å². The minimum absolute atomic E-state index is 0.134. The molecule has 11 aromatic carbocycles. The molecule has 0 atom stereocenters. The third-order valence-electron chi connectivity index (χ3n) is 21.6. The van der Waals surface area contributed by atoms with Gasteiger partial charge in [-0.25, -0.2) is 0 Å². The largest absolute Gasteiger partial charge is 0.310 e. The average molecular weight is 1130 g/mol. The van der Waals surface area contributed by atoms with Gasteiger partial charge >= 0.3 is 0 Å². The van der Waals surface area contributed by atoms with Gasteiger partial charge in [-0.1, -0.05) is 230 Å². The van der Waals surface area contributed by atoms with Gasteiger partial charge in [-0.2, -0.15) is 0 Å². The van der Waals surface area contributed by atoms with Gasteiger partial charge in [0.2, 0.25) is 0 Å². The molecule has 0 aliphatic heterocycles. The standard InChI is InChI=1S/C85H76N2/c1-80(2,3)73-50-68-66-43-38-57(87(55-36-41-64-60-24-16-20-28-71(60)83(8,9)76(64)46-55)56-37-42-65-61-25-17-21-29-72(61)84(10,11)77(65)47-56)48-78(66)85(12,13)79(68)49-67(73)51-30-32-52(33-31-51)86(53-34-39-62-58-22-14-18-26-69(58)81(4,5)74(62)44-53)54-35-40-63-59-23-15-19-27-70(59)82(6,7)75(63)45-54/h14-50H,1-13H3. The van der Waals surface area contributed by atoms with Crippen molar-refractivity contribution in [1.82, 2.24) is 0 Å². The molecule has 0 N–H and O–H groups in total. The van der Waals surface area contributed by atoms with Gasteiger partial charge in [-0.05, 0) is 218 Å². The van der Waals surface area contributed by atoms with Gasteiger partial charge in [0.15, 0.2) is 0 Å². The van der Waals surface area contributed by atoms with Crippen LogP contribution in [-0.2, 0) is 32.5 Å². The number of rotatable bonds is 7. The van der Waals surface area contributed by atoms with Gasteiger partial charge in [-0.3, -0.25) is 0 Å². The lowest BCUT2D eigenvalue weighted by molar-refractivity contribution is 0.591. The van der Waals surface area contributed by atoms with Gasteiger partial charge in [0.05, 0.1) is 0 Å². The molecule has 0 fully saturated rings. The Morgan fingerprint density at radius 1 is 0.218 bits per heavy atom. The van der Waals surface area contributed by atoms with Crippen molar-refractivity contribution in [2.24, 2.45) is 0 Å². The fourth-order valence-corrected chi connectivity index (χ4v) is 16.8. The Balaban J connectivity index is 0.807. The van der Waals surface area contributed by atoms with Crippen molar-refractivity contribution in [3.8, 4) is 66.8 Å². The van der Waals surface area contributed by atoms with Crippen LogP contribution in [0.5, 0.6) is 0 Å². The van der Waals surface area contributed by atoms with Gasteiger partial charge < -0.3 is 9.80 Å². The van der Waals surface area contributed by atoms with E-state index in [0.29, 0.717) is 0 Å². The van der Waals surface area contributed by atoms with Crippen molar-refractivity contribution in [3.63, 3.8) is 0 Å². The summed E-state index contributed by atoms with van der Waals surface area (Å²) < 4.78 is 0. The zero-order chi connectivity index (χ0) is 60.1. The second-order valence-corrected chi connectivity index (χ2v) is 29.4. The Morgan fingerprint density at radius 2 is 0.460 bits per heavy atom. The summed E-state index contributed by atoms with van der Waals surface area (Å²) in [6.07, 6.45) is 0. The first-order chi connectivity index (χ1) is 41.5. The number of nitrogens with zero attached hydrogens (tertiary/aromatic N) is 2. The van der Waals surface area contributed by atoms with Crippen molar-refractivity contribution in [2.45, 2.75) is 122 Å². The number of anilines is 6. The fraction of sp³-hybridized carbons (Fsp3) is 0.224. The van der Waals surface area contributed by atoms with Crippen molar-refractivity contribution < 1.29 is 0 Å². The molecule has 0 spiro atoms. The normalized spacial score (nSPS) is 16.3. The molecule has 2 heteroatoms. The lowest BCUT2D eigenvalue weighted by Gasteiger charge is -2.31. The van der Waals surface area contributed by atoms with Crippen LogP contribution in [0, 0.1) is 0 Å². The Morgan fingerprint density at radius 3 is 0.770 bits per heavy atom. The highest BCUT2D eigenvalue weighted by Crippen LogP contribution is 2.58. The molecule has 5 aliphatic rings. The molecule has 0 bridgehead atoms. The van der Waals surface area contributed by atoms with E-state index in [1.807, 2.05) is 0 Å². The molecule has 0 saturated heterocycles. The number of benzene rings is 11. The lowest BCUT2D eigenvalue weighted by Crippen LogP contribution is -2.19. The number of hydrogen-bond acceptors (Lipinski definition) is 2. The zero-order valence-corrected chi connectivity index (χ0v) is 52.8. The van der Waals surface area contributed by atoms with E-state index in [4.69, 9.17) is 0 Å². The monoisotopic (exact) mass is 1120 g/mol. The SMILES string of the molecule is CC(C)(C)c1cc2c(cc1-c1ccc(N(c3ccc4c(c3)C(C)(C)c3ccccc3-4)c3ccc4c(c3)C(C)(C)c3ccccc3-4)cc1)C(C)(C)c1cc(N(c3ccc4c(c3)C(C)(C)c3ccccc3-4)c3ccc4c(c3)C(C)(C)c3ccccc3-4)ccc1-2. The molecule has 87 heavy (non-hydrogen) atoms. The van der Waals surface area contributed by atoms with E-state index in [0.717, 1.165) is 17.1 Å². The minimum Gasteiger partial charge on any atom is -0.310 e. The van der Waals surface area contributed by atoms with E-state index >= 15 is 0 Å². The molecular weight excluding hydrogens is 1050 g/mol. The predicted molar refractivity (Wildman–Crippen MR) is 368 cm³/mol. The van der Waals surface area contributed by atoms with E-state index in [2.05, 4.69) is 324 Å². The van der Waals surface area contributed by atoms with Crippen molar-refractivity contribution in [3.05, 3.63) is 286 Å². The molecule has 5 aliphatic carbocycles. The van der Waals surface area contributed by atoms with Crippen LogP contribution in [0.2, 0.25) is 0 Å². The van der Waals surface area contributed by atoms with Crippen LogP contribution in [-0.4, -0.2) is 0 Å². The summed E-state index contributed by atoms with van der Waals surface area (Å²) >= 11 is 0. The summed E-state index contributed by atoms with van der Waals surface area (Å²) in [4.78, 5) is 5.04. The molecule has 426 valence electrons. The first-order valence-electron chi connectivity index (χ1n) is 31.6. The summed E-state index contributed by atoms with van der Waals surface area (Å²) in [5.74, 6) is 0. The van der Waals surface area contributed by atoms with Gasteiger partial charge in [-0.15, -0.1) is 0 Å². The van der Waals surface area contributed by atoms with Crippen LogP contribution in [0.1, 0.15) is 151 Å². The van der Waals surface area contributed by atoms with Gasteiger partial charge in [0.25, 0.3) is 0 Å². The highest BCUT2D eigenvalue weighted by Gasteiger charge is 2.42. The van der Waals surface area contributed by atoms with E-state index in [9.17, 15) is 0 Å². The van der Waals surface area contributed by atoms with Crippen LogP contribution < -0.4 is 9.80 Å².